The number of nitro groups is 1. The predicted octanol–water partition coefficient (Wildman–Crippen LogP) is 3.84. The Labute approximate surface area is 149 Å². The maximum atomic E-state index is 10.6. The zero-order valence-corrected chi connectivity index (χ0v) is 13.6. The number of nitrogens with one attached hydrogen (secondary N) is 1. The molecule has 8 heteroatoms. The van der Waals surface area contributed by atoms with Crippen molar-refractivity contribution in [1.82, 2.24) is 4.98 Å². The molecule has 0 aliphatic rings. The lowest BCUT2D eigenvalue weighted by molar-refractivity contribution is -0.385. The highest BCUT2D eigenvalue weighted by molar-refractivity contribution is 5.93. The van der Waals surface area contributed by atoms with Crippen LogP contribution < -0.4 is 15.8 Å². The fourth-order valence-corrected chi connectivity index (χ4v) is 2.08. The average molecular weight is 349 g/mol. The second-order valence-corrected chi connectivity index (χ2v) is 5.19. The number of para-hydroxylation sites is 1. The van der Waals surface area contributed by atoms with Crippen molar-refractivity contribution in [3.05, 3.63) is 83.0 Å². The van der Waals surface area contributed by atoms with Crippen LogP contribution in [-0.2, 0) is 0 Å². The first-order chi connectivity index (χ1) is 12.6. The molecular weight excluding hydrogens is 334 g/mol. The standard InChI is InChI=1S/C18H15N5O3/c19-18(22-17-11-8-14(12-20-17)23(24)25)21-13-6-9-16(10-7-13)26-15-4-2-1-3-5-15/h1-12H,(H3,19,20,21,22). The molecule has 0 aliphatic heterocycles. The Morgan fingerprint density at radius 2 is 1.73 bits per heavy atom. The van der Waals surface area contributed by atoms with Gasteiger partial charge in [-0.25, -0.2) is 4.98 Å². The molecule has 0 spiro atoms. The van der Waals surface area contributed by atoms with Gasteiger partial charge in [-0.3, -0.25) is 10.1 Å². The zero-order chi connectivity index (χ0) is 18.4. The number of guanidine groups is 1. The van der Waals surface area contributed by atoms with Crippen molar-refractivity contribution in [2.75, 3.05) is 5.32 Å². The molecule has 2 aromatic carbocycles. The third-order valence-electron chi connectivity index (χ3n) is 3.28. The van der Waals surface area contributed by atoms with Crippen molar-refractivity contribution in [2.45, 2.75) is 0 Å². The van der Waals surface area contributed by atoms with E-state index in [1.165, 1.54) is 12.1 Å². The molecule has 0 radical (unpaired) electrons. The lowest BCUT2D eigenvalue weighted by atomic mass is 10.3. The minimum atomic E-state index is -0.527. The summed E-state index contributed by atoms with van der Waals surface area (Å²) >= 11 is 0. The Kier molecular flexibility index (Phi) is 5.04. The van der Waals surface area contributed by atoms with E-state index in [0.29, 0.717) is 11.4 Å². The summed E-state index contributed by atoms with van der Waals surface area (Å²) in [5.74, 6) is 1.82. The number of ether oxygens (including phenoxy) is 1. The lowest BCUT2D eigenvalue weighted by Gasteiger charge is -2.08. The van der Waals surface area contributed by atoms with E-state index in [-0.39, 0.29) is 17.5 Å². The van der Waals surface area contributed by atoms with E-state index in [9.17, 15) is 10.1 Å². The SMILES string of the molecule is NC(=Nc1ccc([N+](=O)[O-])cn1)Nc1ccc(Oc2ccccc2)cc1. The quantitative estimate of drug-likeness (QED) is 0.313. The van der Waals surface area contributed by atoms with Crippen LogP contribution in [0.25, 0.3) is 0 Å². The Bertz CT molecular complexity index is 910. The van der Waals surface area contributed by atoms with Gasteiger partial charge in [-0.05, 0) is 42.5 Å². The van der Waals surface area contributed by atoms with Gasteiger partial charge >= 0.3 is 0 Å². The van der Waals surface area contributed by atoms with Crippen LogP contribution in [0.5, 0.6) is 11.5 Å². The van der Waals surface area contributed by atoms with Crippen LogP contribution in [0.1, 0.15) is 0 Å². The minimum absolute atomic E-state index is 0.107. The van der Waals surface area contributed by atoms with Gasteiger partial charge < -0.3 is 15.8 Å². The third kappa shape index (κ3) is 4.54. The van der Waals surface area contributed by atoms with E-state index in [1.807, 2.05) is 30.3 Å². The van der Waals surface area contributed by atoms with E-state index in [1.54, 1.807) is 24.3 Å². The highest BCUT2D eigenvalue weighted by Gasteiger charge is 2.05. The maximum absolute atomic E-state index is 10.6. The first kappa shape index (κ1) is 16.9. The molecule has 0 fully saturated rings. The summed E-state index contributed by atoms with van der Waals surface area (Å²) in [5, 5.41) is 13.5. The Hall–Kier alpha value is -3.94. The minimum Gasteiger partial charge on any atom is -0.457 e. The van der Waals surface area contributed by atoms with Crippen molar-refractivity contribution in [3.8, 4) is 11.5 Å². The first-order valence-electron chi connectivity index (χ1n) is 7.65. The highest BCUT2D eigenvalue weighted by atomic mass is 16.6. The monoisotopic (exact) mass is 349 g/mol. The van der Waals surface area contributed by atoms with Crippen molar-refractivity contribution in [1.29, 1.82) is 0 Å². The van der Waals surface area contributed by atoms with Gasteiger partial charge in [-0.15, -0.1) is 0 Å². The number of hydrogen-bond acceptors (Lipinski definition) is 5. The number of nitrogens with two attached hydrogens (primary N) is 1. The Balaban J connectivity index is 1.63. The molecule has 130 valence electrons. The fraction of sp³-hybridized carbons (Fsp3) is 0. The molecule has 3 rings (SSSR count). The summed E-state index contributed by atoms with van der Waals surface area (Å²) in [7, 11) is 0. The average Bonchev–Trinajstić information content (AvgIpc) is 2.64. The van der Waals surface area contributed by atoms with Gasteiger partial charge in [0.1, 0.15) is 17.7 Å². The van der Waals surface area contributed by atoms with Crippen LogP contribution in [0, 0.1) is 10.1 Å². The number of benzene rings is 2. The van der Waals surface area contributed by atoms with E-state index >= 15 is 0 Å². The highest BCUT2D eigenvalue weighted by Crippen LogP contribution is 2.22. The van der Waals surface area contributed by atoms with Gasteiger partial charge in [-0.1, -0.05) is 18.2 Å². The van der Waals surface area contributed by atoms with Crippen LogP contribution in [0.2, 0.25) is 0 Å². The first-order valence-corrected chi connectivity index (χ1v) is 7.65. The van der Waals surface area contributed by atoms with Crippen LogP contribution in [0.3, 0.4) is 0 Å². The van der Waals surface area contributed by atoms with Crippen LogP contribution in [-0.4, -0.2) is 15.9 Å². The summed E-state index contributed by atoms with van der Waals surface area (Å²) in [4.78, 5) is 18.0. The van der Waals surface area contributed by atoms with E-state index in [4.69, 9.17) is 10.5 Å². The van der Waals surface area contributed by atoms with E-state index in [0.717, 1.165) is 11.9 Å². The summed E-state index contributed by atoms with van der Waals surface area (Å²) in [6.07, 6.45) is 1.13. The van der Waals surface area contributed by atoms with Crippen molar-refractivity contribution >= 4 is 23.2 Å². The zero-order valence-electron chi connectivity index (χ0n) is 13.6. The van der Waals surface area contributed by atoms with E-state index in [2.05, 4.69) is 15.3 Å². The molecule has 8 nitrogen and oxygen atoms in total. The summed E-state index contributed by atoms with van der Waals surface area (Å²) in [6.45, 7) is 0. The number of hydrogen-bond donors (Lipinski definition) is 2. The molecule has 26 heavy (non-hydrogen) atoms. The number of aliphatic imine (C=N–C) groups is 1. The maximum Gasteiger partial charge on any atom is 0.287 e. The molecule has 0 amide bonds. The van der Waals surface area contributed by atoms with Gasteiger partial charge in [0, 0.05) is 11.8 Å². The molecule has 0 saturated carbocycles. The number of aromatic nitrogens is 1. The smallest absolute Gasteiger partial charge is 0.287 e. The number of nitrogens with zero attached hydrogens (tertiary/aromatic N) is 3. The molecule has 0 atom stereocenters. The van der Waals surface area contributed by atoms with Crippen LogP contribution in [0.4, 0.5) is 17.2 Å². The topological polar surface area (TPSA) is 116 Å². The summed E-state index contributed by atoms with van der Waals surface area (Å²) < 4.78 is 5.71. The summed E-state index contributed by atoms with van der Waals surface area (Å²) in [5.41, 5.74) is 6.44. The molecule has 0 aliphatic carbocycles. The molecular formula is C18H15N5O3. The molecule has 0 bridgehead atoms. The van der Waals surface area contributed by atoms with Gasteiger partial charge in [0.15, 0.2) is 11.8 Å². The lowest BCUT2D eigenvalue weighted by Crippen LogP contribution is -2.21. The van der Waals surface area contributed by atoms with Crippen molar-refractivity contribution in [2.24, 2.45) is 10.7 Å². The van der Waals surface area contributed by atoms with Crippen molar-refractivity contribution in [3.63, 3.8) is 0 Å². The Morgan fingerprint density at radius 1 is 1.04 bits per heavy atom. The van der Waals surface area contributed by atoms with Crippen molar-refractivity contribution < 1.29 is 9.66 Å². The summed E-state index contributed by atoms with van der Waals surface area (Å²) in [6, 6.07) is 19.4. The predicted molar refractivity (Wildman–Crippen MR) is 98.8 cm³/mol. The van der Waals surface area contributed by atoms with E-state index < -0.39 is 4.92 Å². The van der Waals surface area contributed by atoms with Crippen LogP contribution >= 0.6 is 0 Å². The molecule has 1 heterocycles. The number of pyridine rings is 1. The van der Waals surface area contributed by atoms with Gasteiger partial charge in [0.05, 0.1) is 4.92 Å². The second-order valence-electron chi connectivity index (χ2n) is 5.19. The third-order valence-corrected chi connectivity index (χ3v) is 3.28. The molecule has 3 N–H and O–H groups in total. The Morgan fingerprint density at radius 3 is 2.35 bits per heavy atom. The number of anilines is 1. The molecule has 0 saturated heterocycles. The fourth-order valence-electron chi connectivity index (χ4n) is 2.08. The molecule has 0 unspecified atom stereocenters. The largest absolute Gasteiger partial charge is 0.457 e. The van der Waals surface area contributed by atoms with Gasteiger partial charge in [0.25, 0.3) is 5.69 Å². The van der Waals surface area contributed by atoms with Gasteiger partial charge in [0.2, 0.25) is 0 Å². The van der Waals surface area contributed by atoms with Gasteiger partial charge in [-0.2, -0.15) is 4.99 Å². The number of rotatable bonds is 5. The van der Waals surface area contributed by atoms with Crippen LogP contribution in [0.15, 0.2) is 77.9 Å². The molecule has 3 aromatic rings. The normalized spacial score (nSPS) is 11.0. The second kappa shape index (κ2) is 7.75. The molecule has 1 aromatic heterocycles.